The van der Waals surface area contributed by atoms with Crippen LogP contribution < -0.4 is 10.1 Å². The Labute approximate surface area is 144 Å². The van der Waals surface area contributed by atoms with E-state index in [1.807, 2.05) is 6.92 Å². The Morgan fingerprint density at radius 3 is 2.67 bits per heavy atom. The minimum atomic E-state index is -0.648. The number of halogens is 1. The second-order valence-electron chi connectivity index (χ2n) is 5.12. The number of carbonyl (C=O) groups excluding carboxylic acids is 2. The van der Waals surface area contributed by atoms with Crippen LogP contribution in [0.5, 0.6) is 5.75 Å². The molecule has 0 radical (unpaired) electrons. The van der Waals surface area contributed by atoms with Gasteiger partial charge in [-0.3, -0.25) is 9.48 Å². The highest BCUT2D eigenvalue weighted by Gasteiger charge is 2.14. The maximum Gasteiger partial charge on any atom is 0.344 e. The van der Waals surface area contributed by atoms with Crippen LogP contribution in [0.2, 0.25) is 5.02 Å². The number of nitrogens with zero attached hydrogens (tertiary/aromatic N) is 2. The predicted octanol–water partition coefficient (Wildman–Crippen LogP) is 2.25. The molecule has 24 heavy (non-hydrogen) atoms. The summed E-state index contributed by atoms with van der Waals surface area (Å²) in [4.78, 5) is 23.5. The Morgan fingerprint density at radius 1 is 1.29 bits per heavy atom. The summed E-state index contributed by atoms with van der Waals surface area (Å²) in [5, 5.41) is 7.37. The van der Waals surface area contributed by atoms with Crippen molar-refractivity contribution in [1.82, 2.24) is 9.78 Å². The number of aromatic nitrogens is 2. The van der Waals surface area contributed by atoms with Gasteiger partial charge in [-0.1, -0.05) is 17.7 Å². The van der Waals surface area contributed by atoms with Crippen LogP contribution in [0.25, 0.3) is 0 Å². The zero-order valence-electron chi connectivity index (χ0n) is 13.6. The van der Waals surface area contributed by atoms with Gasteiger partial charge in [0, 0.05) is 12.1 Å². The van der Waals surface area contributed by atoms with Gasteiger partial charge < -0.3 is 14.8 Å². The molecule has 128 valence electrons. The van der Waals surface area contributed by atoms with Crippen molar-refractivity contribution < 1.29 is 19.1 Å². The van der Waals surface area contributed by atoms with Crippen LogP contribution in [0.4, 0.5) is 5.69 Å². The monoisotopic (exact) mass is 351 g/mol. The molecule has 0 atom stereocenters. The first kappa shape index (κ1) is 17.8. The van der Waals surface area contributed by atoms with Gasteiger partial charge in [0.2, 0.25) is 0 Å². The van der Waals surface area contributed by atoms with E-state index in [1.165, 1.54) is 0 Å². The van der Waals surface area contributed by atoms with E-state index in [4.69, 9.17) is 21.1 Å². The number of aryl methyl sites for hydroxylation is 2. The molecule has 7 nitrogen and oxygen atoms in total. The molecule has 0 fully saturated rings. The molecule has 0 spiro atoms. The van der Waals surface area contributed by atoms with Gasteiger partial charge in [0.05, 0.1) is 17.1 Å². The van der Waals surface area contributed by atoms with Gasteiger partial charge in [0.15, 0.2) is 13.2 Å². The Hall–Kier alpha value is -2.54. The molecule has 2 rings (SSSR count). The molecular weight excluding hydrogens is 334 g/mol. The molecule has 1 aromatic carbocycles. The minimum Gasteiger partial charge on any atom is -0.482 e. The number of carbonyl (C=O) groups is 2. The number of rotatable bonds is 6. The molecule has 0 bridgehead atoms. The van der Waals surface area contributed by atoms with E-state index in [1.54, 1.807) is 42.9 Å². The van der Waals surface area contributed by atoms with Gasteiger partial charge in [0.25, 0.3) is 5.91 Å². The molecule has 0 aliphatic carbocycles. The van der Waals surface area contributed by atoms with E-state index < -0.39 is 18.5 Å². The van der Waals surface area contributed by atoms with Crippen LogP contribution in [0.15, 0.2) is 24.3 Å². The average Bonchev–Trinajstić information content (AvgIpc) is 2.77. The molecule has 8 heteroatoms. The van der Waals surface area contributed by atoms with Gasteiger partial charge in [-0.25, -0.2) is 4.79 Å². The van der Waals surface area contributed by atoms with Gasteiger partial charge in [-0.05, 0) is 32.0 Å². The van der Waals surface area contributed by atoms with Crippen LogP contribution in [-0.2, 0) is 21.4 Å². The summed E-state index contributed by atoms with van der Waals surface area (Å²) < 4.78 is 11.8. The van der Waals surface area contributed by atoms with E-state index >= 15 is 0 Å². The molecule has 1 N–H and O–H groups in total. The van der Waals surface area contributed by atoms with Crippen LogP contribution in [-0.4, -0.2) is 34.9 Å². The summed E-state index contributed by atoms with van der Waals surface area (Å²) >= 11 is 5.81. The van der Waals surface area contributed by atoms with Gasteiger partial charge in [-0.15, -0.1) is 0 Å². The van der Waals surface area contributed by atoms with E-state index in [0.29, 0.717) is 22.2 Å². The number of ether oxygens (including phenoxy) is 2. The van der Waals surface area contributed by atoms with Crippen molar-refractivity contribution in [1.29, 1.82) is 0 Å². The molecule has 1 aromatic heterocycles. The van der Waals surface area contributed by atoms with Crippen molar-refractivity contribution in [3.63, 3.8) is 0 Å². The molecule has 0 aliphatic heterocycles. The molecule has 0 unspecified atom stereocenters. The number of hydrogen-bond donors (Lipinski definition) is 1. The Balaban J connectivity index is 1.78. The summed E-state index contributed by atoms with van der Waals surface area (Å²) in [6.45, 7) is 2.91. The fourth-order valence-corrected chi connectivity index (χ4v) is 2.20. The number of amides is 1. The number of nitrogens with one attached hydrogen (secondary N) is 1. The molecule has 1 heterocycles. The summed E-state index contributed by atoms with van der Waals surface area (Å²) in [5.41, 5.74) is 2.13. The lowest BCUT2D eigenvalue weighted by molar-refractivity contribution is -0.149. The van der Waals surface area contributed by atoms with Crippen LogP contribution in [0.3, 0.4) is 0 Å². The molecule has 0 saturated carbocycles. The quantitative estimate of drug-likeness (QED) is 0.807. The summed E-state index contributed by atoms with van der Waals surface area (Å²) in [7, 11) is 1.78. The standard InChI is InChI=1S/C16H18ClN3O4/c1-10-16(11(2)20(3)19-10)18-14(21)8-24-15(22)9-23-13-6-4-5-12(17)7-13/h4-7H,8-9H2,1-3H3,(H,18,21). The van der Waals surface area contributed by atoms with E-state index in [0.717, 1.165) is 5.69 Å². The second-order valence-corrected chi connectivity index (χ2v) is 5.56. The maximum atomic E-state index is 11.9. The first-order chi connectivity index (χ1) is 11.4. The maximum absolute atomic E-state index is 11.9. The minimum absolute atomic E-state index is 0.307. The summed E-state index contributed by atoms with van der Waals surface area (Å²) in [6.07, 6.45) is 0. The lowest BCUT2D eigenvalue weighted by atomic mass is 10.3. The zero-order valence-corrected chi connectivity index (χ0v) is 14.4. The Bertz CT molecular complexity index is 758. The van der Waals surface area contributed by atoms with Gasteiger partial charge in [-0.2, -0.15) is 5.10 Å². The van der Waals surface area contributed by atoms with Crippen molar-refractivity contribution in [2.45, 2.75) is 13.8 Å². The van der Waals surface area contributed by atoms with Crippen LogP contribution >= 0.6 is 11.6 Å². The van der Waals surface area contributed by atoms with Crippen molar-refractivity contribution in [3.05, 3.63) is 40.7 Å². The molecular formula is C16H18ClN3O4. The first-order valence-electron chi connectivity index (χ1n) is 7.21. The lowest BCUT2D eigenvalue weighted by Crippen LogP contribution is -2.24. The van der Waals surface area contributed by atoms with E-state index in [2.05, 4.69) is 10.4 Å². The fourth-order valence-electron chi connectivity index (χ4n) is 2.02. The third-order valence-corrected chi connectivity index (χ3v) is 3.53. The molecule has 2 aromatic rings. The number of anilines is 1. The number of hydrogen-bond acceptors (Lipinski definition) is 5. The molecule has 0 saturated heterocycles. The zero-order chi connectivity index (χ0) is 17.7. The normalized spacial score (nSPS) is 10.3. The fraction of sp³-hybridized carbons (Fsp3) is 0.312. The van der Waals surface area contributed by atoms with Crippen molar-refractivity contribution >= 4 is 29.2 Å². The summed E-state index contributed by atoms with van der Waals surface area (Å²) in [5.74, 6) is -0.638. The highest BCUT2D eigenvalue weighted by molar-refractivity contribution is 6.30. The van der Waals surface area contributed by atoms with E-state index in [-0.39, 0.29) is 6.61 Å². The average molecular weight is 352 g/mol. The topological polar surface area (TPSA) is 82.5 Å². The summed E-state index contributed by atoms with van der Waals surface area (Å²) in [6, 6.07) is 6.64. The number of esters is 1. The smallest absolute Gasteiger partial charge is 0.344 e. The van der Waals surface area contributed by atoms with Crippen molar-refractivity contribution in [3.8, 4) is 5.75 Å². The highest BCUT2D eigenvalue weighted by atomic mass is 35.5. The highest BCUT2D eigenvalue weighted by Crippen LogP contribution is 2.18. The van der Waals surface area contributed by atoms with Gasteiger partial charge in [0.1, 0.15) is 5.75 Å². The van der Waals surface area contributed by atoms with Crippen LogP contribution in [0, 0.1) is 13.8 Å². The second kappa shape index (κ2) is 7.83. The first-order valence-corrected chi connectivity index (χ1v) is 7.58. The van der Waals surface area contributed by atoms with E-state index in [9.17, 15) is 9.59 Å². The molecule has 0 aliphatic rings. The Kier molecular flexibility index (Phi) is 5.81. The Morgan fingerprint density at radius 2 is 2.04 bits per heavy atom. The van der Waals surface area contributed by atoms with Crippen LogP contribution in [0.1, 0.15) is 11.4 Å². The third-order valence-electron chi connectivity index (χ3n) is 3.29. The van der Waals surface area contributed by atoms with Gasteiger partial charge >= 0.3 is 5.97 Å². The van der Waals surface area contributed by atoms with Crippen molar-refractivity contribution in [2.24, 2.45) is 7.05 Å². The SMILES string of the molecule is Cc1nn(C)c(C)c1NC(=O)COC(=O)COc1cccc(Cl)c1. The van der Waals surface area contributed by atoms with Crippen molar-refractivity contribution in [2.75, 3.05) is 18.5 Å². The largest absolute Gasteiger partial charge is 0.482 e. The number of benzene rings is 1. The lowest BCUT2D eigenvalue weighted by Gasteiger charge is -2.08. The third kappa shape index (κ3) is 4.73. The predicted molar refractivity (Wildman–Crippen MR) is 89.2 cm³/mol. The molecule has 1 amide bonds.